The number of aliphatic hydroxyl groups is 1. The van der Waals surface area contributed by atoms with Gasteiger partial charge in [-0.05, 0) is 39.8 Å². The number of rotatable bonds is 8. The third kappa shape index (κ3) is 5.54. The number of ether oxygens (including phenoxy) is 1. The van der Waals surface area contributed by atoms with Crippen molar-refractivity contribution in [3.8, 4) is 5.75 Å². The molecule has 0 atom stereocenters. The lowest BCUT2D eigenvalue weighted by Gasteiger charge is -2.39. The van der Waals surface area contributed by atoms with Gasteiger partial charge in [0, 0.05) is 31.7 Å². The molecule has 1 N–H and O–H groups in total. The molecule has 1 aliphatic rings. The molecule has 146 valence electrons. The molecular formula is C18H28FN3O4. The fraction of sp³-hybridized carbons (Fsp3) is 0.667. The second kappa shape index (κ2) is 8.64. The quantitative estimate of drug-likeness (QED) is 0.561. The van der Waals surface area contributed by atoms with Crippen molar-refractivity contribution in [2.45, 2.75) is 38.3 Å². The summed E-state index contributed by atoms with van der Waals surface area (Å²) >= 11 is 0. The molecule has 0 bridgehead atoms. The Morgan fingerprint density at radius 1 is 1.42 bits per heavy atom. The summed E-state index contributed by atoms with van der Waals surface area (Å²) in [6.07, 6.45) is 1.82. The molecule has 0 amide bonds. The van der Waals surface area contributed by atoms with Gasteiger partial charge >= 0.3 is 0 Å². The molecule has 1 fully saturated rings. The largest absolute Gasteiger partial charge is 0.488 e. The molecule has 0 spiro atoms. The summed E-state index contributed by atoms with van der Waals surface area (Å²) in [7, 11) is 2.01. The molecule has 0 unspecified atom stereocenters. The number of benzene rings is 1. The molecular weight excluding hydrogens is 341 g/mol. The summed E-state index contributed by atoms with van der Waals surface area (Å²) in [6, 6.07) is 4.85. The van der Waals surface area contributed by atoms with Gasteiger partial charge < -0.3 is 19.6 Å². The van der Waals surface area contributed by atoms with Crippen molar-refractivity contribution in [1.82, 2.24) is 4.90 Å². The summed E-state index contributed by atoms with van der Waals surface area (Å²) in [5, 5.41) is 21.0. The summed E-state index contributed by atoms with van der Waals surface area (Å²) in [5.41, 5.74) is -0.0486. The van der Waals surface area contributed by atoms with E-state index in [1.807, 2.05) is 7.05 Å². The van der Waals surface area contributed by atoms with E-state index in [0.29, 0.717) is 18.3 Å². The molecule has 1 aromatic rings. The molecule has 26 heavy (non-hydrogen) atoms. The van der Waals surface area contributed by atoms with E-state index in [4.69, 9.17) is 4.74 Å². The maximum atomic E-state index is 12.5. The number of halogens is 1. The van der Waals surface area contributed by atoms with Crippen molar-refractivity contribution in [2.75, 3.05) is 44.9 Å². The number of non-ortho nitro benzene ring substituents is 1. The topological polar surface area (TPSA) is 79.1 Å². The van der Waals surface area contributed by atoms with Gasteiger partial charge in [0.25, 0.3) is 5.69 Å². The average Bonchev–Trinajstić information content (AvgIpc) is 2.58. The SMILES string of the molecule is CN(CC(C)(C)O)C1CCN(c2ccc([N+](=O)[O-])cc2OCCF)CC1. The van der Waals surface area contributed by atoms with Crippen LogP contribution in [0, 0.1) is 10.1 Å². The zero-order chi connectivity index (χ0) is 19.3. The van der Waals surface area contributed by atoms with Crippen LogP contribution >= 0.6 is 0 Å². The predicted molar refractivity (Wildman–Crippen MR) is 98.7 cm³/mol. The fourth-order valence-corrected chi connectivity index (χ4v) is 3.43. The molecule has 8 heteroatoms. The Morgan fingerprint density at radius 3 is 2.62 bits per heavy atom. The predicted octanol–water partition coefficient (Wildman–Crippen LogP) is 2.61. The molecule has 2 rings (SSSR count). The van der Waals surface area contributed by atoms with Gasteiger partial charge in [-0.2, -0.15) is 0 Å². The van der Waals surface area contributed by atoms with Gasteiger partial charge in [0.05, 0.1) is 22.3 Å². The van der Waals surface area contributed by atoms with Crippen molar-refractivity contribution in [1.29, 1.82) is 0 Å². The van der Waals surface area contributed by atoms with Crippen molar-refractivity contribution in [3.63, 3.8) is 0 Å². The number of piperidine rings is 1. The van der Waals surface area contributed by atoms with Crippen LogP contribution in [0.4, 0.5) is 15.8 Å². The van der Waals surface area contributed by atoms with E-state index in [0.717, 1.165) is 31.6 Å². The van der Waals surface area contributed by atoms with E-state index >= 15 is 0 Å². The van der Waals surface area contributed by atoms with E-state index in [9.17, 15) is 19.6 Å². The zero-order valence-corrected chi connectivity index (χ0v) is 15.7. The van der Waals surface area contributed by atoms with Gasteiger partial charge in [0.15, 0.2) is 0 Å². The van der Waals surface area contributed by atoms with Crippen LogP contribution in [0.15, 0.2) is 18.2 Å². The summed E-state index contributed by atoms with van der Waals surface area (Å²) in [4.78, 5) is 14.8. The van der Waals surface area contributed by atoms with Crippen LogP contribution < -0.4 is 9.64 Å². The molecule has 1 aromatic carbocycles. The highest BCUT2D eigenvalue weighted by Crippen LogP contribution is 2.34. The summed E-state index contributed by atoms with van der Waals surface area (Å²) in [5.74, 6) is 0.347. The molecule has 1 aliphatic heterocycles. The standard InChI is InChI=1S/C18H28FN3O4/c1-18(2,23)13-20(3)14-6-9-21(10-7-14)16-5-4-15(22(24)25)12-17(16)26-11-8-19/h4-5,12,14,23H,6-11,13H2,1-3H3. The maximum Gasteiger partial charge on any atom is 0.273 e. The van der Waals surface area contributed by atoms with Crippen LogP contribution in [0.25, 0.3) is 0 Å². The minimum absolute atomic E-state index is 0.0672. The fourth-order valence-electron chi connectivity index (χ4n) is 3.43. The third-order valence-electron chi connectivity index (χ3n) is 4.55. The van der Waals surface area contributed by atoms with E-state index in [1.165, 1.54) is 12.1 Å². The van der Waals surface area contributed by atoms with Gasteiger partial charge in [0.1, 0.15) is 19.0 Å². The number of nitro benzene ring substituents is 1. The minimum Gasteiger partial charge on any atom is -0.488 e. The number of alkyl halides is 1. The normalized spacial score (nSPS) is 16.2. The number of nitrogens with zero attached hydrogens (tertiary/aromatic N) is 3. The molecule has 7 nitrogen and oxygen atoms in total. The third-order valence-corrected chi connectivity index (χ3v) is 4.55. The summed E-state index contributed by atoms with van der Waals surface area (Å²) < 4.78 is 17.9. The van der Waals surface area contributed by atoms with Gasteiger partial charge in [0.2, 0.25) is 0 Å². The number of nitro groups is 1. The van der Waals surface area contributed by atoms with Crippen molar-refractivity contribution < 1.29 is 19.2 Å². The highest BCUT2D eigenvalue weighted by molar-refractivity contribution is 5.62. The smallest absolute Gasteiger partial charge is 0.273 e. The Kier molecular flexibility index (Phi) is 6.77. The van der Waals surface area contributed by atoms with Gasteiger partial charge in [-0.3, -0.25) is 10.1 Å². The lowest BCUT2D eigenvalue weighted by Crippen LogP contribution is -2.47. The lowest BCUT2D eigenvalue weighted by molar-refractivity contribution is -0.384. The number of hydrogen-bond acceptors (Lipinski definition) is 6. The van der Waals surface area contributed by atoms with Crippen LogP contribution in [0.2, 0.25) is 0 Å². The van der Waals surface area contributed by atoms with Gasteiger partial charge in [-0.1, -0.05) is 0 Å². The molecule has 0 saturated carbocycles. The Labute approximate surface area is 153 Å². The number of anilines is 1. The highest BCUT2D eigenvalue weighted by Gasteiger charge is 2.27. The monoisotopic (exact) mass is 369 g/mol. The van der Waals surface area contributed by atoms with E-state index in [2.05, 4.69) is 9.80 Å². The van der Waals surface area contributed by atoms with Crippen LogP contribution in [0.1, 0.15) is 26.7 Å². The second-order valence-electron chi connectivity index (χ2n) is 7.39. The molecule has 1 saturated heterocycles. The molecule has 1 heterocycles. The Balaban J connectivity index is 2.07. The van der Waals surface area contributed by atoms with Crippen LogP contribution in [0.5, 0.6) is 5.75 Å². The van der Waals surface area contributed by atoms with Crippen molar-refractivity contribution in [3.05, 3.63) is 28.3 Å². The first kappa shape index (κ1) is 20.4. The van der Waals surface area contributed by atoms with Crippen molar-refractivity contribution >= 4 is 11.4 Å². The van der Waals surface area contributed by atoms with Gasteiger partial charge in [-0.25, -0.2) is 4.39 Å². The van der Waals surface area contributed by atoms with E-state index < -0.39 is 17.2 Å². The first-order valence-corrected chi connectivity index (χ1v) is 8.86. The first-order chi connectivity index (χ1) is 12.2. The van der Waals surface area contributed by atoms with Crippen LogP contribution in [-0.4, -0.2) is 66.5 Å². The average molecular weight is 369 g/mol. The molecule has 0 radical (unpaired) electrons. The Bertz CT molecular complexity index is 613. The number of hydrogen-bond donors (Lipinski definition) is 1. The first-order valence-electron chi connectivity index (χ1n) is 8.86. The lowest BCUT2D eigenvalue weighted by atomic mass is 10.0. The van der Waals surface area contributed by atoms with Gasteiger partial charge in [-0.15, -0.1) is 0 Å². The Morgan fingerprint density at radius 2 is 2.08 bits per heavy atom. The van der Waals surface area contributed by atoms with Crippen LogP contribution in [-0.2, 0) is 0 Å². The maximum absolute atomic E-state index is 12.5. The second-order valence-corrected chi connectivity index (χ2v) is 7.39. The Hall–Kier alpha value is -1.93. The van der Waals surface area contributed by atoms with Crippen LogP contribution in [0.3, 0.4) is 0 Å². The summed E-state index contributed by atoms with van der Waals surface area (Å²) in [6.45, 7) is 4.95. The van der Waals surface area contributed by atoms with Crippen molar-refractivity contribution in [2.24, 2.45) is 0 Å². The molecule has 0 aromatic heterocycles. The molecule has 0 aliphatic carbocycles. The minimum atomic E-state index is -0.738. The highest BCUT2D eigenvalue weighted by atomic mass is 19.1. The number of likely N-dealkylation sites (N-methyl/N-ethyl adjacent to an activating group) is 1. The zero-order valence-electron chi connectivity index (χ0n) is 15.7. The van der Waals surface area contributed by atoms with E-state index in [1.54, 1.807) is 19.9 Å². The van der Waals surface area contributed by atoms with E-state index in [-0.39, 0.29) is 12.3 Å².